The number of sulfonamides is 1. The van der Waals surface area contributed by atoms with Gasteiger partial charge in [-0.2, -0.15) is 5.10 Å². The minimum atomic E-state index is -3.74. The highest BCUT2D eigenvalue weighted by atomic mass is 32.2. The van der Waals surface area contributed by atoms with Gasteiger partial charge in [0.1, 0.15) is 0 Å². The summed E-state index contributed by atoms with van der Waals surface area (Å²) in [7, 11) is -3.74. The Hall–Kier alpha value is -2.97. The van der Waals surface area contributed by atoms with Crippen LogP contribution in [-0.4, -0.2) is 24.1 Å². The minimum absolute atomic E-state index is 0.0358. The Labute approximate surface area is 170 Å². The Kier molecular flexibility index (Phi) is 5.86. The number of hydrogen-bond acceptors (Lipinski definition) is 4. The van der Waals surface area contributed by atoms with Crippen molar-refractivity contribution in [2.45, 2.75) is 38.3 Å². The number of nitrogens with zero attached hydrogens (tertiary/aromatic N) is 2. The minimum Gasteiger partial charge on any atom is -0.345 e. The Morgan fingerprint density at radius 1 is 1.10 bits per heavy atom. The number of carbonyl (C=O) groups is 1. The van der Waals surface area contributed by atoms with Crippen molar-refractivity contribution in [3.63, 3.8) is 0 Å². The number of carbonyl (C=O) groups excluding carboxylic acids is 1. The second-order valence-corrected chi connectivity index (χ2v) is 8.56. The maximum atomic E-state index is 12.9. The molecule has 1 atom stereocenters. The van der Waals surface area contributed by atoms with Gasteiger partial charge in [0.2, 0.25) is 10.0 Å². The highest BCUT2D eigenvalue weighted by Gasteiger charge is 2.21. The lowest BCUT2D eigenvalue weighted by molar-refractivity contribution is 0.0938. The van der Waals surface area contributed by atoms with Crippen LogP contribution < -0.4 is 10.5 Å². The molecule has 0 saturated heterocycles. The molecular weight excluding hydrogens is 388 g/mol. The first kappa shape index (κ1) is 20.8. The summed E-state index contributed by atoms with van der Waals surface area (Å²) in [6, 6.07) is 15.8. The van der Waals surface area contributed by atoms with E-state index in [2.05, 4.69) is 10.4 Å². The van der Waals surface area contributed by atoms with Crippen LogP contribution in [0.25, 0.3) is 0 Å². The van der Waals surface area contributed by atoms with Crippen molar-refractivity contribution in [3.05, 3.63) is 82.7 Å². The Balaban J connectivity index is 1.76. The topological polar surface area (TPSA) is 107 Å². The van der Waals surface area contributed by atoms with Crippen molar-refractivity contribution < 1.29 is 13.2 Å². The van der Waals surface area contributed by atoms with Crippen LogP contribution in [-0.2, 0) is 16.6 Å². The average molecular weight is 413 g/mol. The molecule has 2 aromatic carbocycles. The van der Waals surface area contributed by atoms with E-state index in [0.717, 1.165) is 16.8 Å². The van der Waals surface area contributed by atoms with E-state index >= 15 is 0 Å². The van der Waals surface area contributed by atoms with Crippen LogP contribution in [0.4, 0.5) is 0 Å². The van der Waals surface area contributed by atoms with Crippen LogP contribution in [0, 0.1) is 13.8 Å². The second-order valence-electron chi connectivity index (χ2n) is 7.00. The number of nitrogens with two attached hydrogens (primary N) is 1. The molecule has 0 radical (unpaired) electrons. The van der Waals surface area contributed by atoms with Crippen molar-refractivity contribution in [2.75, 3.05) is 0 Å². The zero-order valence-corrected chi connectivity index (χ0v) is 17.4. The maximum Gasteiger partial charge on any atom is 0.255 e. The van der Waals surface area contributed by atoms with Crippen LogP contribution in [0.2, 0.25) is 0 Å². The van der Waals surface area contributed by atoms with Gasteiger partial charge in [0.05, 0.1) is 28.7 Å². The Morgan fingerprint density at radius 2 is 1.72 bits per heavy atom. The fourth-order valence-corrected chi connectivity index (χ4v) is 3.75. The molecule has 0 bridgehead atoms. The molecule has 3 rings (SSSR count). The van der Waals surface area contributed by atoms with Gasteiger partial charge < -0.3 is 5.32 Å². The van der Waals surface area contributed by atoms with E-state index < -0.39 is 10.0 Å². The quantitative estimate of drug-likeness (QED) is 0.649. The molecule has 0 aliphatic carbocycles. The summed E-state index contributed by atoms with van der Waals surface area (Å²) in [4.78, 5) is 12.9. The number of amides is 1. The van der Waals surface area contributed by atoms with E-state index in [-0.39, 0.29) is 16.8 Å². The first-order valence-electron chi connectivity index (χ1n) is 9.18. The smallest absolute Gasteiger partial charge is 0.255 e. The number of nitrogens with one attached hydrogen (secondary N) is 1. The molecule has 1 aromatic heterocycles. The molecule has 0 aliphatic rings. The zero-order chi connectivity index (χ0) is 21.2. The van der Waals surface area contributed by atoms with E-state index in [1.165, 1.54) is 12.1 Å². The summed E-state index contributed by atoms with van der Waals surface area (Å²) in [5.74, 6) is -0.220. The predicted molar refractivity (Wildman–Crippen MR) is 111 cm³/mol. The van der Waals surface area contributed by atoms with Gasteiger partial charge >= 0.3 is 0 Å². The van der Waals surface area contributed by atoms with Gasteiger partial charge in [0, 0.05) is 5.69 Å². The van der Waals surface area contributed by atoms with E-state index in [1.54, 1.807) is 12.1 Å². The molecule has 8 heteroatoms. The van der Waals surface area contributed by atoms with E-state index in [0.29, 0.717) is 17.8 Å². The fraction of sp³-hybridized carbons (Fsp3) is 0.238. The molecule has 152 valence electrons. The number of aryl methyl sites for hydroxylation is 1. The van der Waals surface area contributed by atoms with Crippen molar-refractivity contribution in [2.24, 2.45) is 5.14 Å². The molecule has 1 amide bonds. The Bertz CT molecular complexity index is 1120. The van der Waals surface area contributed by atoms with E-state index in [4.69, 9.17) is 5.14 Å². The summed E-state index contributed by atoms with van der Waals surface area (Å²) in [6.45, 7) is 6.12. The van der Waals surface area contributed by atoms with Gasteiger partial charge in [-0.1, -0.05) is 42.5 Å². The molecular formula is C21H24N4O3S. The fourth-order valence-electron chi connectivity index (χ4n) is 3.23. The summed E-state index contributed by atoms with van der Waals surface area (Å²) in [5, 5.41) is 12.6. The summed E-state index contributed by atoms with van der Waals surface area (Å²) in [6.07, 6.45) is 0. The maximum absolute atomic E-state index is 12.9. The highest BCUT2D eigenvalue weighted by Crippen LogP contribution is 2.19. The number of benzene rings is 2. The standard InChI is InChI=1S/C21H24N4O3S/c1-14(18-9-11-19(12-10-18)29(22,27)28)23-21(26)20-15(2)24-25(16(20)3)13-17-7-5-4-6-8-17/h4-12,14H,13H2,1-3H3,(H,23,26)(H2,22,27,28)/t14-/m0/s1. The number of primary sulfonamides is 1. The normalized spacial score (nSPS) is 12.6. The first-order valence-corrected chi connectivity index (χ1v) is 10.7. The third-order valence-corrected chi connectivity index (χ3v) is 5.77. The zero-order valence-electron chi connectivity index (χ0n) is 16.6. The van der Waals surface area contributed by atoms with E-state index in [1.807, 2.05) is 55.8 Å². The highest BCUT2D eigenvalue weighted by molar-refractivity contribution is 7.89. The van der Waals surface area contributed by atoms with Gasteiger partial charge in [-0.25, -0.2) is 13.6 Å². The number of aromatic nitrogens is 2. The van der Waals surface area contributed by atoms with Gasteiger partial charge in [0.15, 0.2) is 0 Å². The molecule has 0 fully saturated rings. The number of rotatable bonds is 6. The molecule has 29 heavy (non-hydrogen) atoms. The predicted octanol–water partition coefficient (Wildman–Crippen LogP) is 2.69. The second kappa shape index (κ2) is 8.18. The lowest BCUT2D eigenvalue weighted by Gasteiger charge is -2.15. The van der Waals surface area contributed by atoms with Crippen LogP contribution in [0.1, 0.15) is 45.8 Å². The van der Waals surface area contributed by atoms with Crippen LogP contribution in [0.15, 0.2) is 59.5 Å². The first-order chi connectivity index (χ1) is 13.7. The molecule has 3 aromatic rings. The SMILES string of the molecule is Cc1nn(Cc2ccccc2)c(C)c1C(=O)N[C@@H](C)c1ccc(S(N)(=O)=O)cc1. The van der Waals surface area contributed by atoms with Crippen molar-refractivity contribution >= 4 is 15.9 Å². The van der Waals surface area contributed by atoms with Crippen LogP contribution in [0.5, 0.6) is 0 Å². The lowest BCUT2D eigenvalue weighted by Crippen LogP contribution is -2.27. The van der Waals surface area contributed by atoms with Gasteiger partial charge in [0.25, 0.3) is 5.91 Å². The Morgan fingerprint density at radius 3 is 2.31 bits per heavy atom. The molecule has 0 saturated carbocycles. The van der Waals surface area contributed by atoms with E-state index in [9.17, 15) is 13.2 Å². The molecule has 3 N–H and O–H groups in total. The lowest BCUT2D eigenvalue weighted by atomic mass is 10.1. The molecule has 7 nitrogen and oxygen atoms in total. The van der Waals surface area contributed by atoms with Crippen LogP contribution in [0.3, 0.4) is 0 Å². The monoisotopic (exact) mass is 412 g/mol. The summed E-state index contributed by atoms with van der Waals surface area (Å²) >= 11 is 0. The van der Waals surface area contributed by atoms with Gasteiger partial charge in [-0.05, 0) is 44.0 Å². The number of hydrogen-bond donors (Lipinski definition) is 2. The third-order valence-electron chi connectivity index (χ3n) is 4.84. The van der Waals surface area contributed by atoms with Crippen molar-refractivity contribution in [1.29, 1.82) is 0 Å². The molecule has 0 aliphatic heterocycles. The third kappa shape index (κ3) is 4.72. The van der Waals surface area contributed by atoms with Gasteiger partial charge in [-0.3, -0.25) is 9.48 Å². The van der Waals surface area contributed by atoms with Crippen molar-refractivity contribution in [3.8, 4) is 0 Å². The van der Waals surface area contributed by atoms with Gasteiger partial charge in [-0.15, -0.1) is 0 Å². The van der Waals surface area contributed by atoms with Crippen molar-refractivity contribution in [1.82, 2.24) is 15.1 Å². The average Bonchev–Trinajstić information content (AvgIpc) is 2.95. The molecule has 0 unspecified atom stereocenters. The van der Waals surface area contributed by atoms with Crippen LogP contribution >= 0.6 is 0 Å². The largest absolute Gasteiger partial charge is 0.345 e. The molecule has 1 heterocycles. The molecule has 0 spiro atoms. The summed E-state index contributed by atoms with van der Waals surface area (Å²) < 4.78 is 24.6. The summed E-state index contributed by atoms with van der Waals surface area (Å²) in [5.41, 5.74) is 3.88.